The second-order valence-corrected chi connectivity index (χ2v) is 18.7. The van der Waals surface area contributed by atoms with Crippen molar-refractivity contribution in [2.45, 2.75) is 163 Å². The molecule has 1 aliphatic rings. The molecule has 1 saturated heterocycles. The highest BCUT2D eigenvalue weighted by atomic mass is 35.5. The van der Waals surface area contributed by atoms with Crippen LogP contribution in [0.1, 0.15) is 112 Å². The average Bonchev–Trinajstić information content (AvgIpc) is 3.26. The molecule has 15 atom stereocenters. The van der Waals surface area contributed by atoms with Crippen molar-refractivity contribution in [2.75, 3.05) is 6.54 Å². The number of aromatic hydroxyl groups is 2. The van der Waals surface area contributed by atoms with E-state index in [1.807, 2.05) is 6.92 Å². The fraction of sp³-hybridized carbons (Fsp3) is 0.689. The van der Waals surface area contributed by atoms with Crippen LogP contribution >= 0.6 is 11.6 Å². The van der Waals surface area contributed by atoms with Crippen molar-refractivity contribution in [3.8, 4) is 11.5 Å². The van der Waals surface area contributed by atoms with Crippen LogP contribution in [-0.2, 0) is 38.4 Å². The van der Waals surface area contributed by atoms with Gasteiger partial charge in [0, 0.05) is 23.0 Å². The Hall–Kier alpha value is -5.09. The fourth-order valence-electron chi connectivity index (χ4n) is 7.86. The zero-order valence-corrected chi connectivity index (χ0v) is 40.9. The van der Waals surface area contributed by atoms with E-state index in [-0.39, 0.29) is 23.0 Å². The molecule has 0 saturated carbocycles. The molecule has 13 N–H and O–H groups in total. The molecule has 7 amide bonds. The number of halogens is 1. The van der Waals surface area contributed by atoms with Gasteiger partial charge in [-0.05, 0) is 71.3 Å². The number of carbonyl (C=O) groups excluding carboxylic acids is 8. The SMILES string of the molecule is CC[C@H](C)[C@@H]1NC(=O)[C@@H](c2cc(O)c(C)c(O)c2Cl)NC(=O)[C@H](NC(=O)[C@H](C)NC(=O)[C@H](NC(=O)CC(=O)[C@@H](C)C[C@@H](C)C[C@H](C)[C@@H](O)[C@H](C)[C@H](O)[C@@H](C)O)[C@@H](C)O)[C@@H](C)NC(=O)CNC1=O. The molecule has 22 heteroatoms. The van der Waals surface area contributed by atoms with E-state index in [0.717, 1.165) is 6.07 Å². The number of phenols is 2. The molecular formula is C45H72ClN7O14. The van der Waals surface area contributed by atoms with E-state index in [1.165, 1.54) is 34.6 Å². The number of aliphatic hydroxyl groups excluding tert-OH is 4. The van der Waals surface area contributed by atoms with Gasteiger partial charge >= 0.3 is 0 Å². The summed E-state index contributed by atoms with van der Waals surface area (Å²) in [5, 5.41) is 79.0. The Balaban J connectivity index is 2.27. The predicted molar refractivity (Wildman–Crippen MR) is 245 cm³/mol. The Bertz CT molecular complexity index is 1950. The zero-order valence-electron chi connectivity index (χ0n) is 40.1. The molecule has 1 aromatic carbocycles. The first kappa shape index (κ1) is 58.0. The van der Waals surface area contributed by atoms with Crippen LogP contribution in [0.25, 0.3) is 0 Å². The van der Waals surface area contributed by atoms with Crippen molar-refractivity contribution in [1.29, 1.82) is 0 Å². The summed E-state index contributed by atoms with van der Waals surface area (Å²) in [4.78, 5) is 108. The molecular weight excluding hydrogens is 898 g/mol. The van der Waals surface area contributed by atoms with Crippen LogP contribution in [0.5, 0.6) is 11.5 Å². The average molecular weight is 971 g/mol. The fourth-order valence-corrected chi connectivity index (χ4v) is 8.17. The van der Waals surface area contributed by atoms with Crippen LogP contribution < -0.4 is 37.2 Å². The molecule has 378 valence electrons. The lowest BCUT2D eigenvalue weighted by Crippen LogP contribution is -2.62. The number of ketones is 1. The van der Waals surface area contributed by atoms with Gasteiger partial charge in [0.15, 0.2) is 0 Å². The normalized spacial score (nSPS) is 23.4. The standard InChI is InChI=1S/C45H72ClN7O14/c1-12-19(3)34-42(64)47-17-32(59)48-24(8)35(43(65)53-37(45(67)51-34)28-15-30(57)22(6)40(62)33(28)46)52-41(63)25(9)49-44(66)36(26(10)54)50-31(58)16-29(56)20(4)13-18(2)14-21(5)38(60)23(7)39(61)27(11)55/h15,18-21,23-27,34-39,54-55,57,60-62H,12-14,16-17H2,1-11H3,(H,47,64)(H,48,59)(H,49,66)(H,50,58)(H,51,67)(H,52,63)(H,53,65)/t18-,19+,20+,21+,23+,24-,25+,26-,27-,34+,35-,36-,37-,38-,39+/m1/s1. The molecule has 2 rings (SSSR count). The van der Waals surface area contributed by atoms with Gasteiger partial charge in [-0.1, -0.05) is 59.6 Å². The van der Waals surface area contributed by atoms with Crippen molar-refractivity contribution >= 4 is 58.7 Å². The van der Waals surface area contributed by atoms with Gasteiger partial charge in [0.1, 0.15) is 47.5 Å². The Kier molecular flexibility index (Phi) is 22.4. The molecule has 21 nitrogen and oxygen atoms in total. The van der Waals surface area contributed by atoms with E-state index < -0.39 is 155 Å². The minimum Gasteiger partial charge on any atom is -0.508 e. The van der Waals surface area contributed by atoms with Crippen LogP contribution in [0.2, 0.25) is 5.02 Å². The van der Waals surface area contributed by atoms with E-state index in [2.05, 4.69) is 37.2 Å². The van der Waals surface area contributed by atoms with Crippen molar-refractivity contribution in [3.63, 3.8) is 0 Å². The zero-order chi connectivity index (χ0) is 51.4. The number of rotatable bonds is 20. The number of hydrogen-bond donors (Lipinski definition) is 13. The Morgan fingerprint density at radius 3 is 1.99 bits per heavy atom. The molecule has 0 unspecified atom stereocenters. The summed E-state index contributed by atoms with van der Waals surface area (Å²) in [6, 6.07) is -8.10. The maximum absolute atomic E-state index is 14.2. The number of Topliss-reactive ketones (excluding diaryl/α,β-unsaturated/α-hetero) is 1. The van der Waals surface area contributed by atoms with Gasteiger partial charge in [-0.25, -0.2) is 0 Å². The lowest BCUT2D eigenvalue weighted by molar-refractivity contribution is -0.137. The summed E-state index contributed by atoms with van der Waals surface area (Å²) in [7, 11) is 0. The number of amides is 7. The first-order chi connectivity index (χ1) is 31.0. The third kappa shape index (κ3) is 16.3. The maximum atomic E-state index is 14.2. The molecule has 0 spiro atoms. The quantitative estimate of drug-likeness (QED) is 0.0742. The van der Waals surface area contributed by atoms with E-state index in [4.69, 9.17) is 11.6 Å². The van der Waals surface area contributed by atoms with E-state index in [0.29, 0.717) is 19.3 Å². The summed E-state index contributed by atoms with van der Waals surface area (Å²) in [6.45, 7) is 16.3. The number of phenolic OH excluding ortho intramolecular Hbond substituents is 2. The maximum Gasteiger partial charge on any atom is 0.247 e. The summed E-state index contributed by atoms with van der Waals surface area (Å²) in [6.07, 6.45) is -4.03. The Labute approximate surface area is 396 Å². The monoisotopic (exact) mass is 969 g/mol. The van der Waals surface area contributed by atoms with Gasteiger partial charge in [0.05, 0.1) is 48.4 Å². The first-order valence-corrected chi connectivity index (χ1v) is 23.0. The molecule has 67 heavy (non-hydrogen) atoms. The minimum absolute atomic E-state index is 0.0378. The number of hydrogen-bond acceptors (Lipinski definition) is 14. The highest BCUT2D eigenvalue weighted by Gasteiger charge is 2.39. The molecule has 1 fully saturated rings. The molecule has 1 aliphatic heterocycles. The third-order valence-corrected chi connectivity index (χ3v) is 12.8. The highest BCUT2D eigenvalue weighted by molar-refractivity contribution is 6.33. The summed E-state index contributed by atoms with van der Waals surface area (Å²) < 4.78 is 0. The largest absolute Gasteiger partial charge is 0.508 e. The molecule has 0 aliphatic carbocycles. The number of benzene rings is 1. The van der Waals surface area contributed by atoms with E-state index in [1.54, 1.807) is 34.6 Å². The number of aliphatic hydroxyl groups is 4. The van der Waals surface area contributed by atoms with Crippen molar-refractivity contribution < 1.29 is 69.0 Å². The van der Waals surface area contributed by atoms with E-state index in [9.17, 15) is 69.0 Å². The second-order valence-electron chi connectivity index (χ2n) is 18.3. The Morgan fingerprint density at radius 2 is 1.42 bits per heavy atom. The molecule has 0 radical (unpaired) electrons. The van der Waals surface area contributed by atoms with Gasteiger partial charge in [-0.15, -0.1) is 0 Å². The topological polar surface area (TPSA) is 342 Å². The van der Waals surface area contributed by atoms with Gasteiger partial charge in [0.25, 0.3) is 0 Å². The lowest BCUT2D eigenvalue weighted by atomic mass is 9.80. The van der Waals surface area contributed by atoms with Gasteiger partial charge in [-0.2, -0.15) is 0 Å². The summed E-state index contributed by atoms with van der Waals surface area (Å²) >= 11 is 6.45. The van der Waals surface area contributed by atoms with Crippen molar-refractivity contribution in [2.24, 2.45) is 29.6 Å². The molecule has 1 aromatic rings. The number of carbonyl (C=O) groups is 8. The van der Waals surface area contributed by atoms with Gasteiger partial charge < -0.3 is 67.9 Å². The van der Waals surface area contributed by atoms with Crippen LogP contribution in [0.3, 0.4) is 0 Å². The first-order valence-electron chi connectivity index (χ1n) is 22.6. The number of nitrogens with one attached hydrogen (secondary N) is 7. The summed E-state index contributed by atoms with van der Waals surface area (Å²) in [5.74, 6) is -10.2. The second kappa shape index (κ2) is 25.9. The smallest absolute Gasteiger partial charge is 0.247 e. The lowest BCUT2D eigenvalue weighted by Gasteiger charge is -2.31. The molecule has 0 bridgehead atoms. The van der Waals surface area contributed by atoms with Crippen LogP contribution in [-0.4, -0.2) is 139 Å². The van der Waals surface area contributed by atoms with Crippen molar-refractivity contribution in [3.05, 3.63) is 22.2 Å². The van der Waals surface area contributed by atoms with Crippen LogP contribution in [0.15, 0.2) is 6.07 Å². The minimum atomic E-state index is -1.81. The molecule has 1 heterocycles. The third-order valence-electron chi connectivity index (χ3n) is 12.4. The summed E-state index contributed by atoms with van der Waals surface area (Å²) in [5.41, 5.74) is -0.321. The van der Waals surface area contributed by atoms with Crippen molar-refractivity contribution in [1.82, 2.24) is 37.2 Å². The van der Waals surface area contributed by atoms with Gasteiger partial charge in [0.2, 0.25) is 41.4 Å². The highest BCUT2D eigenvalue weighted by Crippen LogP contribution is 2.39. The Morgan fingerprint density at radius 1 is 0.806 bits per heavy atom. The van der Waals surface area contributed by atoms with Crippen LogP contribution in [0.4, 0.5) is 0 Å². The predicted octanol–water partition coefficient (Wildman–Crippen LogP) is -0.376. The van der Waals surface area contributed by atoms with Crippen LogP contribution in [0, 0.1) is 36.5 Å². The molecule has 0 aromatic heterocycles. The van der Waals surface area contributed by atoms with Gasteiger partial charge in [-0.3, -0.25) is 38.4 Å². The van der Waals surface area contributed by atoms with E-state index >= 15 is 0 Å².